The highest BCUT2D eigenvalue weighted by Gasteiger charge is 2.24. The van der Waals surface area contributed by atoms with Crippen molar-refractivity contribution in [3.63, 3.8) is 0 Å². The van der Waals surface area contributed by atoms with Crippen LogP contribution in [0.1, 0.15) is 17.4 Å². The standard InChI is InChI=1S/C14H16ClFN4O/c1-19-17-7-11(18-19)8-20-4-5-21-14(9-20)12-3-2-10(16)6-13(12)15/h2-3,6-7,14H,4-5,8-9H2,1H3. The number of ether oxygens (including phenoxy) is 1. The molecule has 0 spiro atoms. The second-order valence-corrected chi connectivity index (χ2v) is 5.49. The number of rotatable bonds is 3. The Kier molecular flexibility index (Phi) is 4.19. The van der Waals surface area contributed by atoms with Crippen LogP contribution in [0.25, 0.3) is 0 Å². The van der Waals surface area contributed by atoms with E-state index in [0.29, 0.717) is 24.7 Å². The minimum absolute atomic E-state index is 0.150. The Balaban J connectivity index is 1.70. The van der Waals surface area contributed by atoms with Crippen molar-refractivity contribution in [2.45, 2.75) is 12.6 Å². The summed E-state index contributed by atoms with van der Waals surface area (Å²) in [7, 11) is 1.80. The lowest BCUT2D eigenvalue weighted by Gasteiger charge is -2.33. The minimum Gasteiger partial charge on any atom is -0.371 e. The highest BCUT2D eigenvalue weighted by Crippen LogP contribution is 2.29. The number of benzene rings is 1. The first-order chi connectivity index (χ1) is 10.1. The topological polar surface area (TPSA) is 43.2 Å². The van der Waals surface area contributed by atoms with Gasteiger partial charge in [-0.3, -0.25) is 4.90 Å². The zero-order valence-electron chi connectivity index (χ0n) is 11.7. The van der Waals surface area contributed by atoms with E-state index in [-0.39, 0.29) is 11.9 Å². The number of nitrogens with zero attached hydrogens (tertiary/aromatic N) is 4. The Morgan fingerprint density at radius 2 is 2.33 bits per heavy atom. The van der Waals surface area contributed by atoms with Crippen molar-refractivity contribution >= 4 is 11.6 Å². The molecule has 3 rings (SSSR count). The lowest BCUT2D eigenvalue weighted by molar-refractivity contribution is -0.0332. The highest BCUT2D eigenvalue weighted by molar-refractivity contribution is 6.31. The number of hydrogen-bond acceptors (Lipinski definition) is 4. The Morgan fingerprint density at radius 3 is 3.05 bits per heavy atom. The summed E-state index contributed by atoms with van der Waals surface area (Å²) in [6.45, 7) is 2.85. The van der Waals surface area contributed by atoms with Gasteiger partial charge in [0.05, 0.1) is 24.6 Å². The van der Waals surface area contributed by atoms with Gasteiger partial charge in [0, 0.05) is 37.3 Å². The Labute approximate surface area is 127 Å². The van der Waals surface area contributed by atoms with Gasteiger partial charge in [-0.2, -0.15) is 15.0 Å². The summed E-state index contributed by atoms with van der Waals surface area (Å²) in [6.07, 6.45) is 1.61. The fourth-order valence-corrected chi connectivity index (χ4v) is 2.78. The van der Waals surface area contributed by atoms with Crippen LogP contribution in [0, 0.1) is 5.82 Å². The van der Waals surface area contributed by atoms with Crippen molar-refractivity contribution in [3.05, 3.63) is 46.5 Å². The molecular weight excluding hydrogens is 295 g/mol. The molecule has 2 aromatic rings. The predicted molar refractivity (Wildman–Crippen MR) is 76.4 cm³/mol. The van der Waals surface area contributed by atoms with E-state index in [0.717, 1.165) is 17.8 Å². The third kappa shape index (κ3) is 3.40. The average molecular weight is 311 g/mol. The van der Waals surface area contributed by atoms with Crippen molar-refractivity contribution in [1.29, 1.82) is 0 Å². The van der Waals surface area contributed by atoms with E-state index < -0.39 is 0 Å². The van der Waals surface area contributed by atoms with Crippen molar-refractivity contribution in [2.24, 2.45) is 7.05 Å². The van der Waals surface area contributed by atoms with Crippen LogP contribution in [0.5, 0.6) is 0 Å². The van der Waals surface area contributed by atoms with Gasteiger partial charge in [-0.05, 0) is 12.1 Å². The first-order valence-corrected chi connectivity index (χ1v) is 7.14. The number of aromatic nitrogens is 3. The highest BCUT2D eigenvalue weighted by atomic mass is 35.5. The van der Waals surface area contributed by atoms with Crippen molar-refractivity contribution in [1.82, 2.24) is 19.9 Å². The summed E-state index contributed by atoms with van der Waals surface area (Å²) >= 11 is 6.11. The molecule has 21 heavy (non-hydrogen) atoms. The van der Waals surface area contributed by atoms with Gasteiger partial charge < -0.3 is 4.74 Å². The molecule has 1 aromatic heterocycles. The number of aryl methyl sites for hydroxylation is 1. The quantitative estimate of drug-likeness (QED) is 0.871. The van der Waals surface area contributed by atoms with Gasteiger partial charge in [0.25, 0.3) is 0 Å². The number of halogens is 2. The SMILES string of the molecule is Cn1ncc(CN2CCOC(c3ccc(F)cc3Cl)C2)n1. The second-order valence-electron chi connectivity index (χ2n) is 5.09. The average Bonchev–Trinajstić information content (AvgIpc) is 2.84. The Hall–Kier alpha value is -1.50. The van der Waals surface area contributed by atoms with Gasteiger partial charge in [-0.15, -0.1) is 0 Å². The molecule has 1 unspecified atom stereocenters. The van der Waals surface area contributed by atoms with Crippen molar-refractivity contribution in [3.8, 4) is 0 Å². The van der Waals surface area contributed by atoms with Crippen LogP contribution in [0.3, 0.4) is 0 Å². The molecule has 5 nitrogen and oxygen atoms in total. The Morgan fingerprint density at radius 1 is 1.48 bits per heavy atom. The number of hydrogen-bond donors (Lipinski definition) is 0. The summed E-state index contributed by atoms with van der Waals surface area (Å²) in [5.41, 5.74) is 1.74. The molecule has 112 valence electrons. The lowest BCUT2D eigenvalue weighted by Crippen LogP contribution is -2.38. The van der Waals surface area contributed by atoms with Gasteiger partial charge in [0.1, 0.15) is 5.82 Å². The van der Waals surface area contributed by atoms with Gasteiger partial charge in [0.15, 0.2) is 0 Å². The summed E-state index contributed by atoms with van der Waals surface area (Å²) in [4.78, 5) is 3.78. The molecule has 0 N–H and O–H groups in total. The smallest absolute Gasteiger partial charge is 0.124 e. The van der Waals surface area contributed by atoms with Crippen LogP contribution in [0.4, 0.5) is 4.39 Å². The van der Waals surface area contributed by atoms with E-state index in [1.165, 1.54) is 12.1 Å². The van der Waals surface area contributed by atoms with Crippen LogP contribution in [-0.4, -0.2) is 39.6 Å². The van der Waals surface area contributed by atoms with Gasteiger partial charge >= 0.3 is 0 Å². The largest absolute Gasteiger partial charge is 0.371 e. The first kappa shape index (κ1) is 14.4. The molecule has 1 aliphatic heterocycles. The molecule has 1 aromatic carbocycles. The van der Waals surface area contributed by atoms with E-state index >= 15 is 0 Å². The molecule has 7 heteroatoms. The van der Waals surface area contributed by atoms with Crippen molar-refractivity contribution < 1.29 is 9.13 Å². The summed E-state index contributed by atoms with van der Waals surface area (Å²) in [5.74, 6) is -0.337. The van der Waals surface area contributed by atoms with Crippen LogP contribution in [0.15, 0.2) is 24.4 Å². The number of morpholine rings is 1. The zero-order chi connectivity index (χ0) is 14.8. The van der Waals surface area contributed by atoms with Gasteiger partial charge in [-0.25, -0.2) is 4.39 Å². The van der Waals surface area contributed by atoms with Crippen LogP contribution in [-0.2, 0) is 18.3 Å². The first-order valence-electron chi connectivity index (χ1n) is 6.76. The predicted octanol–water partition coefficient (Wildman–Crippen LogP) is 2.18. The molecule has 0 amide bonds. The molecule has 0 radical (unpaired) electrons. The maximum atomic E-state index is 13.1. The fourth-order valence-electron chi connectivity index (χ4n) is 2.49. The Bertz CT molecular complexity index is 633. The third-order valence-electron chi connectivity index (χ3n) is 3.49. The maximum Gasteiger partial charge on any atom is 0.124 e. The van der Waals surface area contributed by atoms with E-state index in [2.05, 4.69) is 15.1 Å². The molecule has 1 aliphatic rings. The van der Waals surface area contributed by atoms with Gasteiger partial charge in [0.2, 0.25) is 0 Å². The summed E-state index contributed by atoms with van der Waals surface area (Å²) < 4.78 is 18.9. The minimum atomic E-state index is -0.337. The van der Waals surface area contributed by atoms with Crippen LogP contribution in [0.2, 0.25) is 5.02 Å². The molecule has 1 fully saturated rings. The van der Waals surface area contributed by atoms with Crippen LogP contribution < -0.4 is 0 Å². The fraction of sp³-hybridized carbons (Fsp3) is 0.429. The third-order valence-corrected chi connectivity index (χ3v) is 3.82. The normalized spacial score (nSPS) is 19.9. The van der Waals surface area contributed by atoms with E-state index in [4.69, 9.17) is 16.3 Å². The molecule has 1 saturated heterocycles. The molecule has 0 saturated carbocycles. The lowest BCUT2D eigenvalue weighted by atomic mass is 10.1. The van der Waals surface area contributed by atoms with Crippen molar-refractivity contribution in [2.75, 3.05) is 19.7 Å². The maximum absolute atomic E-state index is 13.1. The van der Waals surface area contributed by atoms with E-state index in [9.17, 15) is 4.39 Å². The molecule has 0 bridgehead atoms. The molecular formula is C14H16ClFN4O. The van der Waals surface area contributed by atoms with E-state index in [1.54, 1.807) is 24.1 Å². The van der Waals surface area contributed by atoms with Crippen LogP contribution >= 0.6 is 11.6 Å². The van der Waals surface area contributed by atoms with E-state index in [1.807, 2.05) is 0 Å². The monoisotopic (exact) mass is 310 g/mol. The molecule has 1 atom stereocenters. The van der Waals surface area contributed by atoms with Gasteiger partial charge in [-0.1, -0.05) is 17.7 Å². The molecule has 0 aliphatic carbocycles. The molecule has 2 heterocycles. The summed E-state index contributed by atoms with van der Waals surface area (Å²) in [6, 6.07) is 4.42. The zero-order valence-corrected chi connectivity index (χ0v) is 12.4. The summed E-state index contributed by atoms with van der Waals surface area (Å²) in [5, 5.41) is 8.75. The second kappa shape index (κ2) is 6.09.